The molecular formula is C16H21NO3S. The zero-order valence-corrected chi connectivity index (χ0v) is 12.8. The second kappa shape index (κ2) is 8.08. The number of thioether (sulfide) groups is 1. The Balaban J connectivity index is 1.64. The number of aliphatic carboxylic acids is 1. The molecule has 21 heavy (non-hydrogen) atoms. The van der Waals surface area contributed by atoms with Crippen LogP contribution in [-0.4, -0.2) is 29.3 Å². The highest BCUT2D eigenvalue weighted by Crippen LogP contribution is 2.39. The second-order valence-electron chi connectivity index (χ2n) is 5.25. The molecule has 5 heteroatoms. The fraction of sp³-hybridized carbons (Fsp3) is 0.500. The number of carbonyl (C=O) groups excluding carboxylic acids is 1. The van der Waals surface area contributed by atoms with Crippen molar-refractivity contribution in [2.75, 3.05) is 12.3 Å². The van der Waals surface area contributed by atoms with Crippen LogP contribution >= 0.6 is 11.8 Å². The number of benzene rings is 1. The number of carboxylic acids is 1. The van der Waals surface area contributed by atoms with Crippen LogP contribution in [0.5, 0.6) is 0 Å². The van der Waals surface area contributed by atoms with Crippen LogP contribution in [0.15, 0.2) is 29.2 Å². The minimum Gasteiger partial charge on any atom is -0.481 e. The van der Waals surface area contributed by atoms with Gasteiger partial charge < -0.3 is 10.4 Å². The molecule has 0 radical (unpaired) electrons. The van der Waals surface area contributed by atoms with Gasteiger partial charge in [0.2, 0.25) is 5.91 Å². The molecule has 0 fully saturated rings. The topological polar surface area (TPSA) is 66.4 Å². The molecule has 1 amide bonds. The van der Waals surface area contributed by atoms with Gasteiger partial charge in [-0.2, -0.15) is 0 Å². The van der Waals surface area contributed by atoms with Gasteiger partial charge in [-0.25, -0.2) is 0 Å². The van der Waals surface area contributed by atoms with Crippen molar-refractivity contribution < 1.29 is 14.7 Å². The summed E-state index contributed by atoms with van der Waals surface area (Å²) in [5.41, 5.74) is 1.14. The predicted octanol–water partition coefficient (Wildman–Crippen LogP) is 3.03. The lowest BCUT2D eigenvalue weighted by atomic mass is 10.0. The standard InChI is InChI=1S/C16H21NO3S/c18-15(19)9-3-1-2-6-10-17-16(20)13-11-21-14-8-5-4-7-12(13)14/h4-5,7-8,13H,1-3,6,9-11H2,(H,17,20)(H,18,19). The molecule has 1 heterocycles. The van der Waals surface area contributed by atoms with Crippen LogP contribution in [0.3, 0.4) is 0 Å². The van der Waals surface area contributed by atoms with Crippen molar-refractivity contribution in [3.05, 3.63) is 29.8 Å². The molecule has 1 unspecified atom stereocenters. The van der Waals surface area contributed by atoms with Crippen molar-refractivity contribution >= 4 is 23.6 Å². The summed E-state index contributed by atoms with van der Waals surface area (Å²) in [7, 11) is 0. The van der Waals surface area contributed by atoms with Gasteiger partial charge in [0, 0.05) is 23.6 Å². The van der Waals surface area contributed by atoms with Crippen molar-refractivity contribution in [1.82, 2.24) is 5.32 Å². The predicted molar refractivity (Wildman–Crippen MR) is 83.6 cm³/mol. The van der Waals surface area contributed by atoms with Crippen LogP contribution in [0.25, 0.3) is 0 Å². The van der Waals surface area contributed by atoms with E-state index in [1.54, 1.807) is 11.8 Å². The van der Waals surface area contributed by atoms with Crippen LogP contribution in [-0.2, 0) is 9.59 Å². The average molecular weight is 307 g/mol. The first-order valence-electron chi connectivity index (χ1n) is 7.39. The molecule has 0 aromatic heterocycles. The number of carboxylic acid groups (broad SMARTS) is 1. The van der Waals surface area contributed by atoms with E-state index in [9.17, 15) is 9.59 Å². The van der Waals surface area contributed by atoms with E-state index in [2.05, 4.69) is 11.4 Å². The Morgan fingerprint density at radius 2 is 1.95 bits per heavy atom. The molecule has 2 N–H and O–H groups in total. The van der Waals surface area contributed by atoms with Gasteiger partial charge in [-0.15, -0.1) is 11.8 Å². The molecule has 1 aromatic rings. The Hall–Kier alpha value is -1.49. The van der Waals surface area contributed by atoms with Gasteiger partial charge in [-0.1, -0.05) is 31.0 Å². The molecule has 0 saturated heterocycles. The van der Waals surface area contributed by atoms with Crippen LogP contribution < -0.4 is 5.32 Å². The molecule has 1 aromatic carbocycles. The Morgan fingerprint density at radius 1 is 1.19 bits per heavy atom. The number of fused-ring (bicyclic) bond motifs is 1. The van der Waals surface area contributed by atoms with E-state index in [0.29, 0.717) is 6.54 Å². The third kappa shape index (κ3) is 4.77. The maximum Gasteiger partial charge on any atom is 0.303 e. The highest BCUT2D eigenvalue weighted by molar-refractivity contribution is 7.99. The van der Waals surface area contributed by atoms with Crippen LogP contribution in [0, 0.1) is 0 Å². The fourth-order valence-corrected chi connectivity index (χ4v) is 3.70. The summed E-state index contributed by atoms with van der Waals surface area (Å²) >= 11 is 1.74. The third-order valence-electron chi connectivity index (χ3n) is 3.63. The summed E-state index contributed by atoms with van der Waals surface area (Å²) in [4.78, 5) is 23.8. The Morgan fingerprint density at radius 3 is 2.76 bits per heavy atom. The minimum atomic E-state index is -0.735. The van der Waals surface area contributed by atoms with E-state index in [0.717, 1.165) is 37.0 Å². The van der Waals surface area contributed by atoms with Crippen LogP contribution in [0.4, 0.5) is 0 Å². The molecule has 0 aliphatic carbocycles. The lowest BCUT2D eigenvalue weighted by Gasteiger charge is -2.11. The van der Waals surface area contributed by atoms with Crippen molar-refractivity contribution in [1.29, 1.82) is 0 Å². The van der Waals surface area contributed by atoms with E-state index in [-0.39, 0.29) is 18.2 Å². The zero-order valence-electron chi connectivity index (χ0n) is 12.0. The van der Waals surface area contributed by atoms with Crippen molar-refractivity contribution in [3.63, 3.8) is 0 Å². The molecule has 1 atom stereocenters. The van der Waals surface area contributed by atoms with Gasteiger partial charge in [-0.05, 0) is 24.5 Å². The number of hydrogen-bond donors (Lipinski definition) is 2. The maximum absolute atomic E-state index is 12.2. The number of nitrogens with one attached hydrogen (secondary N) is 1. The molecule has 0 spiro atoms. The molecule has 2 rings (SSSR count). The Bertz CT molecular complexity index is 504. The molecule has 0 bridgehead atoms. The first kappa shape index (κ1) is 15.9. The number of amides is 1. The van der Waals surface area contributed by atoms with E-state index in [1.165, 1.54) is 4.90 Å². The zero-order chi connectivity index (χ0) is 15.1. The van der Waals surface area contributed by atoms with Gasteiger partial charge in [0.05, 0.1) is 5.92 Å². The van der Waals surface area contributed by atoms with E-state index < -0.39 is 5.97 Å². The van der Waals surface area contributed by atoms with Crippen molar-refractivity contribution in [2.45, 2.75) is 42.9 Å². The molecule has 0 saturated carbocycles. The van der Waals surface area contributed by atoms with Gasteiger partial charge in [0.15, 0.2) is 0 Å². The Kier molecular flexibility index (Phi) is 6.11. The highest BCUT2D eigenvalue weighted by atomic mass is 32.2. The summed E-state index contributed by atoms with van der Waals surface area (Å²) in [5.74, 6) is 0.168. The van der Waals surface area contributed by atoms with Gasteiger partial charge in [-0.3, -0.25) is 9.59 Å². The van der Waals surface area contributed by atoms with Crippen molar-refractivity contribution in [2.24, 2.45) is 0 Å². The van der Waals surface area contributed by atoms with E-state index >= 15 is 0 Å². The monoisotopic (exact) mass is 307 g/mol. The summed E-state index contributed by atoms with van der Waals surface area (Å²) < 4.78 is 0. The maximum atomic E-state index is 12.2. The number of rotatable bonds is 8. The first-order valence-corrected chi connectivity index (χ1v) is 8.38. The minimum absolute atomic E-state index is 0.0294. The summed E-state index contributed by atoms with van der Waals surface area (Å²) in [5, 5.41) is 11.5. The largest absolute Gasteiger partial charge is 0.481 e. The Labute approximate surface area is 129 Å². The SMILES string of the molecule is O=C(O)CCCCCCNC(=O)C1CSc2ccccc21. The van der Waals surface area contributed by atoms with Gasteiger partial charge in [0.25, 0.3) is 0 Å². The molecule has 4 nitrogen and oxygen atoms in total. The first-order chi connectivity index (χ1) is 10.2. The smallest absolute Gasteiger partial charge is 0.303 e. The van der Waals surface area contributed by atoms with E-state index in [4.69, 9.17) is 5.11 Å². The average Bonchev–Trinajstić information content (AvgIpc) is 2.89. The molecule has 1 aliphatic heterocycles. The summed E-state index contributed by atoms with van der Waals surface area (Å²) in [6, 6.07) is 8.08. The van der Waals surface area contributed by atoms with E-state index in [1.807, 2.05) is 18.2 Å². The second-order valence-corrected chi connectivity index (χ2v) is 6.31. The highest BCUT2D eigenvalue weighted by Gasteiger charge is 2.28. The lowest BCUT2D eigenvalue weighted by Crippen LogP contribution is -2.30. The number of carbonyl (C=O) groups is 2. The third-order valence-corrected chi connectivity index (χ3v) is 4.82. The molecule has 114 valence electrons. The summed E-state index contributed by atoms with van der Waals surface area (Å²) in [6.45, 7) is 0.676. The van der Waals surface area contributed by atoms with Crippen molar-refractivity contribution in [3.8, 4) is 0 Å². The number of hydrogen-bond acceptors (Lipinski definition) is 3. The van der Waals surface area contributed by atoms with Crippen LogP contribution in [0.2, 0.25) is 0 Å². The molecular weight excluding hydrogens is 286 g/mol. The van der Waals surface area contributed by atoms with Gasteiger partial charge >= 0.3 is 5.97 Å². The van der Waals surface area contributed by atoms with Crippen LogP contribution in [0.1, 0.15) is 43.6 Å². The molecule has 1 aliphatic rings. The fourth-order valence-electron chi connectivity index (χ4n) is 2.47. The number of unbranched alkanes of at least 4 members (excludes halogenated alkanes) is 3. The summed E-state index contributed by atoms with van der Waals surface area (Å²) in [6.07, 6.45) is 3.74. The van der Waals surface area contributed by atoms with Gasteiger partial charge in [0.1, 0.15) is 0 Å². The lowest BCUT2D eigenvalue weighted by molar-refractivity contribution is -0.137. The quantitative estimate of drug-likeness (QED) is 0.725. The normalized spacial score (nSPS) is 16.5.